The van der Waals surface area contributed by atoms with Gasteiger partial charge in [0, 0.05) is 18.6 Å². The van der Waals surface area contributed by atoms with Crippen LogP contribution in [-0.2, 0) is 0 Å². The molecule has 0 spiro atoms. The van der Waals surface area contributed by atoms with Crippen molar-refractivity contribution in [3.05, 3.63) is 0 Å². The third-order valence-electron chi connectivity index (χ3n) is 2.35. The van der Waals surface area contributed by atoms with Crippen LogP contribution in [-0.4, -0.2) is 31.3 Å². The van der Waals surface area contributed by atoms with Gasteiger partial charge in [0.25, 0.3) is 0 Å². The lowest BCUT2D eigenvalue weighted by Crippen LogP contribution is -2.28. The summed E-state index contributed by atoms with van der Waals surface area (Å²) < 4.78 is 0. The maximum atomic E-state index is 8.95. The molecule has 0 atom stereocenters. The van der Waals surface area contributed by atoms with Crippen LogP contribution < -0.4 is 11.1 Å². The molecule has 4 N–H and O–H groups in total. The van der Waals surface area contributed by atoms with E-state index in [1.165, 1.54) is 12.8 Å². The van der Waals surface area contributed by atoms with Crippen molar-refractivity contribution in [3.63, 3.8) is 0 Å². The summed E-state index contributed by atoms with van der Waals surface area (Å²) in [5.74, 6) is 0. The molecule has 1 aliphatic carbocycles. The van der Waals surface area contributed by atoms with Crippen LogP contribution in [0.1, 0.15) is 19.3 Å². The first-order valence-corrected chi connectivity index (χ1v) is 4.35. The summed E-state index contributed by atoms with van der Waals surface area (Å²) in [6.45, 7) is 3.03. The highest BCUT2D eigenvalue weighted by atomic mass is 16.3. The van der Waals surface area contributed by atoms with Crippen LogP contribution in [0.3, 0.4) is 0 Å². The number of rotatable bonds is 6. The van der Waals surface area contributed by atoms with Crippen molar-refractivity contribution in [1.82, 2.24) is 5.32 Å². The van der Waals surface area contributed by atoms with Crippen LogP contribution in [0.4, 0.5) is 0 Å². The number of aliphatic hydroxyl groups is 1. The van der Waals surface area contributed by atoms with Crippen molar-refractivity contribution in [2.75, 3.05) is 26.2 Å². The molecule has 66 valence electrons. The van der Waals surface area contributed by atoms with E-state index in [1.807, 2.05) is 0 Å². The molecule has 0 amide bonds. The summed E-state index contributed by atoms with van der Waals surface area (Å²) in [6.07, 6.45) is 3.39. The minimum atomic E-state index is 0.245. The van der Waals surface area contributed by atoms with E-state index in [4.69, 9.17) is 10.8 Å². The summed E-state index contributed by atoms with van der Waals surface area (Å²) in [6, 6.07) is 0. The Labute approximate surface area is 68.0 Å². The van der Waals surface area contributed by atoms with E-state index in [0.29, 0.717) is 6.61 Å². The van der Waals surface area contributed by atoms with Crippen LogP contribution in [0, 0.1) is 5.41 Å². The van der Waals surface area contributed by atoms with Gasteiger partial charge in [-0.1, -0.05) is 0 Å². The molecular formula is C8H18N2O. The zero-order valence-electron chi connectivity index (χ0n) is 6.97. The van der Waals surface area contributed by atoms with Gasteiger partial charge in [-0.25, -0.2) is 0 Å². The minimum Gasteiger partial charge on any atom is -0.396 e. The fourth-order valence-corrected chi connectivity index (χ4v) is 1.15. The summed E-state index contributed by atoms with van der Waals surface area (Å²) in [5.41, 5.74) is 5.58. The predicted octanol–water partition coefficient (Wildman–Crippen LogP) is -0.303. The SMILES string of the molecule is NCCCNCC1(CO)CC1. The Morgan fingerprint density at radius 1 is 1.45 bits per heavy atom. The lowest BCUT2D eigenvalue weighted by molar-refractivity contribution is 0.208. The van der Waals surface area contributed by atoms with Crippen molar-refractivity contribution >= 4 is 0 Å². The van der Waals surface area contributed by atoms with Gasteiger partial charge in [0.05, 0.1) is 0 Å². The normalized spacial score (nSPS) is 20.2. The van der Waals surface area contributed by atoms with E-state index in [0.717, 1.165) is 26.1 Å². The Morgan fingerprint density at radius 3 is 2.64 bits per heavy atom. The first-order chi connectivity index (χ1) is 5.33. The molecule has 0 bridgehead atoms. The van der Waals surface area contributed by atoms with E-state index in [-0.39, 0.29) is 5.41 Å². The second kappa shape index (κ2) is 4.04. The van der Waals surface area contributed by atoms with E-state index < -0.39 is 0 Å². The molecule has 3 nitrogen and oxygen atoms in total. The molecule has 1 aliphatic rings. The third-order valence-corrected chi connectivity index (χ3v) is 2.35. The Kier molecular flexibility index (Phi) is 3.30. The van der Waals surface area contributed by atoms with Crippen molar-refractivity contribution in [1.29, 1.82) is 0 Å². The fourth-order valence-electron chi connectivity index (χ4n) is 1.15. The van der Waals surface area contributed by atoms with Crippen LogP contribution in [0.25, 0.3) is 0 Å². The third kappa shape index (κ3) is 2.77. The largest absolute Gasteiger partial charge is 0.396 e. The number of hydrogen-bond acceptors (Lipinski definition) is 3. The van der Waals surface area contributed by atoms with E-state index in [9.17, 15) is 0 Å². The summed E-state index contributed by atoms with van der Waals surface area (Å²) >= 11 is 0. The summed E-state index contributed by atoms with van der Waals surface area (Å²) in [7, 11) is 0. The van der Waals surface area contributed by atoms with Crippen molar-refractivity contribution in [2.45, 2.75) is 19.3 Å². The van der Waals surface area contributed by atoms with Crippen molar-refractivity contribution in [3.8, 4) is 0 Å². The van der Waals surface area contributed by atoms with E-state index in [1.54, 1.807) is 0 Å². The van der Waals surface area contributed by atoms with Gasteiger partial charge in [-0.2, -0.15) is 0 Å². The van der Waals surface area contributed by atoms with E-state index >= 15 is 0 Å². The molecular weight excluding hydrogens is 140 g/mol. The molecule has 0 unspecified atom stereocenters. The molecule has 1 rings (SSSR count). The Balaban J connectivity index is 1.94. The van der Waals surface area contributed by atoms with Gasteiger partial charge in [0.15, 0.2) is 0 Å². The quantitative estimate of drug-likeness (QED) is 0.465. The molecule has 0 saturated heterocycles. The standard InChI is InChI=1S/C8H18N2O/c9-4-1-5-10-6-8(7-11)2-3-8/h10-11H,1-7,9H2. The Morgan fingerprint density at radius 2 is 2.18 bits per heavy atom. The molecule has 0 aromatic heterocycles. The topological polar surface area (TPSA) is 58.3 Å². The average Bonchev–Trinajstić information content (AvgIpc) is 2.80. The number of nitrogens with two attached hydrogens (primary N) is 1. The first-order valence-electron chi connectivity index (χ1n) is 4.35. The zero-order chi connectivity index (χ0) is 8.16. The summed E-state index contributed by atoms with van der Waals surface area (Å²) in [5, 5.41) is 12.2. The molecule has 0 aliphatic heterocycles. The average molecular weight is 158 g/mol. The first kappa shape index (κ1) is 8.97. The van der Waals surface area contributed by atoms with Crippen LogP contribution >= 0.6 is 0 Å². The van der Waals surface area contributed by atoms with Gasteiger partial charge in [-0.15, -0.1) is 0 Å². The van der Waals surface area contributed by atoms with Gasteiger partial charge in [0.1, 0.15) is 0 Å². The maximum absolute atomic E-state index is 8.95. The van der Waals surface area contributed by atoms with Crippen LogP contribution in [0.5, 0.6) is 0 Å². The van der Waals surface area contributed by atoms with Gasteiger partial charge in [-0.3, -0.25) is 0 Å². The number of aliphatic hydroxyl groups excluding tert-OH is 1. The molecule has 11 heavy (non-hydrogen) atoms. The van der Waals surface area contributed by atoms with Crippen LogP contribution in [0.15, 0.2) is 0 Å². The van der Waals surface area contributed by atoms with Gasteiger partial charge < -0.3 is 16.2 Å². The predicted molar refractivity (Wildman–Crippen MR) is 45.3 cm³/mol. The molecule has 0 radical (unpaired) electrons. The molecule has 1 saturated carbocycles. The second-order valence-corrected chi connectivity index (χ2v) is 3.48. The second-order valence-electron chi connectivity index (χ2n) is 3.48. The van der Waals surface area contributed by atoms with Crippen molar-refractivity contribution < 1.29 is 5.11 Å². The number of hydrogen-bond donors (Lipinski definition) is 3. The maximum Gasteiger partial charge on any atom is 0.0499 e. The number of nitrogens with one attached hydrogen (secondary N) is 1. The van der Waals surface area contributed by atoms with Gasteiger partial charge >= 0.3 is 0 Å². The lowest BCUT2D eigenvalue weighted by Gasteiger charge is -2.11. The van der Waals surface area contributed by atoms with Gasteiger partial charge in [0.2, 0.25) is 0 Å². The molecule has 1 fully saturated rings. The zero-order valence-corrected chi connectivity index (χ0v) is 6.97. The fraction of sp³-hybridized carbons (Fsp3) is 1.00. The monoisotopic (exact) mass is 158 g/mol. The molecule has 3 heteroatoms. The highest BCUT2D eigenvalue weighted by molar-refractivity contribution is 4.94. The van der Waals surface area contributed by atoms with Crippen LogP contribution in [0.2, 0.25) is 0 Å². The highest BCUT2D eigenvalue weighted by Crippen LogP contribution is 2.44. The molecule has 0 aromatic rings. The molecule has 0 aromatic carbocycles. The minimum absolute atomic E-state index is 0.245. The molecule has 0 heterocycles. The van der Waals surface area contributed by atoms with Crippen molar-refractivity contribution in [2.24, 2.45) is 11.1 Å². The van der Waals surface area contributed by atoms with Gasteiger partial charge in [-0.05, 0) is 32.4 Å². The smallest absolute Gasteiger partial charge is 0.0499 e. The lowest BCUT2D eigenvalue weighted by atomic mass is 10.1. The highest BCUT2D eigenvalue weighted by Gasteiger charge is 2.41. The van der Waals surface area contributed by atoms with E-state index in [2.05, 4.69) is 5.32 Å². The Hall–Kier alpha value is -0.120. The Bertz CT molecular complexity index is 113. The summed E-state index contributed by atoms with van der Waals surface area (Å²) in [4.78, 5) is 0.